The highest BCUT2D eigenvalue weighted by molar-refractivity contribution is 5.99. The first-order valence-corrected chi connectivity index (χ1v) is 8.56. The Balaban J connectivity index is 1.99. The summed E-state index contributed by atoms with van der Waals surface area (Å²) >= 11 is 0. The molecule has 3 rings (SSSR count). The van der Waals surface area contributed by atoms with Gasteiger partial charge in [0.1, 0.15) is 17.3 Å². The number of halogens is 1. The molecule has 0 spiro atoms. The van der Waals surface area contributed by atoms with Crippen LogP contribution in [-0.2, 0) is 19.1 Å². The summed E-state index contributed by atoms with van der Waals surface area (Å²) in [4.78, 5) is 34.7. The molecule has 29 heavy (non-hydrogen) atoms. The predicted octanol–water partition coefficient (Wildman–Crippen LogP) is 2.92. The molecule has 1 amide bonds. The van der Waals surface area contributed by atoms with Gasteiger partial charge in [0.25, 0.3) is 0 Å². The van der Waals surface area contributed by atoms with E-state index in [2.05, 4.69) is 5.10 Å². The maximum absolute atomic E-state index is 13.2. The van der Waals surface area contributed by atoms with E-state index in [9.17, 15) is 18.8 Å². The highest BCUT2D eigenvalue weighted by Crippen LogP contribution is 2.34. The van der Waals surface area contributed by atoms with Gasteiger partial charge >= 0.3 is 11.9 Å². The molecule has 0 aliphatic carbocycles. The van der Waals surface area contributed by atoms with Crippen LogP contribution in [0, 0.1) is 5.82 Å². The lowest BCUT2D eigenvalue weighted by Gasteiger charge is -2.19. The summed E-state index contributed by atoms with van der Waals surface area (Å²) in [5.41, 5.74) is 0.776. The Labute approximate surface area is 165 Å². The fourth-order valence-electron chi connectivity index (χ4n) is 2.67. The lowest BCUT2D eigenvalue weighted by atomic mass is 10.1. The molecule has 2 aromatic carbocycles. The molecule has 0 saturated heterocycles. The minimum absolute atomic E-state index is 0.0140. The van der Waals surface area contributed by atoms with Gasteiger partial charge in [-0.1, -0.05) is 12.1 Å². The van der Waals surface area contributed by atoms with Crippen molar-refractivity contribution >= 4 is 23.7 Å². The van der Waals surface area contributed by atoms with E-state index in [0.717, 1.165) is 5.01 Å². The van der Waals surface area contributed by atoms with Crippen LogP contribution in [0.3, 0.4) is 0 Å². The third kappa shape index (κ3) is 4.57. The monoisotopic (exact) mass is 400 g/mol. The molecule has 1 aliphatic heterocycles. The molecular formula is C20H17FN2O6. The summed E-state index contributed by atoms with van der Waals surface area (Å²) < 4.78 is 29.3. The van der Waals surface area contributed by atoms with Gasteiger partial charge in [-0.15, -0.1) is 5.10 Å². The Morgan fingerprint density at radius 3 is 2.24 bits per heavy atom. The molecule has 0 bridgehead atoms. The first kappa shape index (κ1) is 20.0. The van der Waals surface area contributed by atoms with Gasteiger partial charge in [0.2, 0.25) is 18.0 Å². The van der Waals surface area contributed by atoms with Gasteiger partial charge in [0.05, 0.1) is 5.56 Å². The number of benzene rings is 2. The van der Waals surface area contributed by atoms with Crippen LogP contribution in [0.4, 0.5) is 4.39 Å². The fraction of sp³-hybridized carbons (Fsp3) is 0.200. The smallest absolute Gasteiger partial charge is 0.308 e. The van der Waals surface area contributed by atoms with Crippen LogP contribution in [-0.4, -0.2) is 28.8 Å². The number of hydrazone groups is 1. The summed E-state index contributed by atoms with van der Waals surface area (Å²) in [6.07, 6.45) is -0.915. The number of carbonyl (C=O) groups excluding carboxylic acids is 3. The zero-order valence-corrected chi connectivity index (χ0v) is 15.8. The van der Waals surface area contributed by atoms with E-state index in [1.54, 1.807) is 0 Å². The molecule has 0 fully saturated rings. The molecule has 8 nitrogen and oxygen atoms in total. The Hall–Kier alpha value is -3.75. The van der Waals surface area contributed by atoms with Gasteiger partial charge in [0, 0.05) is 32.4 Å². The zero-order valence-electron chi connectivity index (χ0n) is 15.8. The number of rotatable bonds is 4. The van der Waals surface area contributed by atoms with E-state index in [1.165, 1.54) is 63.2 Å². The maximum Gasteiger partial charge on any atom is 0.308 e. The molecule has 1 atom stereocenters. The van der Waals surface area contributed by atoms with Crippen molar-refractivity contribution in [1.82, 2.24) is 5.01 Å². The second-order valence-electron chi connectivity index (χ2n) is 6.14. The van der Waals surface area contributed by atoms with Crippen molar-refractivity contribution < 1.29 is 33.0 Å². The molecule has 9 heteroatoms. The third-order valence-corrected chi connectivity index (χ3v) is 3.82. The van der Waals surface area contributed by atoms with Crippen molar-refractivity contribution in [3.63, 3.8) is 0 Å². The van der Waals surface area contributed by atoms with Crippen LogP contribution in [0.25, 0.3) is 0 Å². The summed E-state index contributed by atoms with van der Waals surface area (Å²) in [6, 6.07) is 9.74. The lowest BCUT2D eigenvalue weighted by molar-refractivity contribution is -0.135. The van der Waals surface area contributed by atoms with Crippen LogP contribution in [0.15, 0.2) is 47.6 Å². The number of hydrogen-bond donors (Lipinski definition) is 0. The second kappa shape index (κ2) is 8.09. The molecule has 1 aliphatic rings. The Bertz CT molecular complexity index is 1000. The van der Waals surface area contributed by atoms with Crippen LogP contribution in [0.2, 0.25) is 0 Å². The molecule has 1 unspecified atom stereocenters. The van der Waals surface area contributed by atoms with Gasteiger partial charge in [-0.05, 0) is 24.3 Å². The van der Waals surface area contributed by atoms with E-state index in [4.69, 9.17) is 14.2 Å². The van der Waals surface area contributed by atoms with Crippen LogP contribution in [0.5, 0.6) is 11.5 Å². The van der Waals surface area contributed by atoms with Crippen molar-refractivity contribution in [2.45, 2.75) is 27.0 Å². The molecule has 0 radical (unpaired) electrons. The average molecular weight is 400 g/mol. The number of amides is 1. The van der Waals surface area contributed by atoms with E-state index in [1.807, 2.05) is 0 Å². The fourth-order valence-corrected chi connectivity index (χ4v) is 2.67. The van der Waals surface area contributed by atoms with Gasteiger partial charge < -0.3 is 14.2 Å². The lowest BCUT2D eigenvalue weighted by Crippen LogP contribution is -2.25. The molecule has 0 saturated carbocycles. The van der Waals surface area contributed by atoms with E-state index >= 15 is 0 Å². The SMILES string of the molecule is CC(=O)Oc1ccc(C2=NN(C(C)=O)C(c3ccc(F)cc3)O2)c(OC(C)=O)c1. The summed E-state index contributed by atoms with van der Waals surface area (Å²) in [5.74, 6) is -1.77. The van der Waals surface area contributed by atoms with E-state index in [-0.39, 0.29) is 23.0 Å². The standard InChI is InChI=1S/C20H17FN2O6/c1-11(24)23-20(14-4-6-15(21)7-5-14)29-19(22-23)17-9-8-16(27-12(2)25)10-18(17)28-13(3)26/h4-10,20H,1-3H3. The Morgan fingerprint density at radius 1 is 1.00 bits per heavy atom. The van der Waals surface area contributed by atoms with E-state index < -0.39 is 29.9 Å². The highest BCUT2D eigenvalue weighted by atomic mass is 19.1. The summed E-state index contributed by atoms with van der Waals surface area (Å²) in [6.45, 7) is 3.76. The number of ether oxygens (including phenoxy) is 3. The molecule has 150 valence electrons. The molecule has 0 aromatic heterocycles. The normalized spacial score (nSPS) is 15.4. The van der Waals surface area contributed by atoms with Crippen LogP contribution < -0.4 is 9.47 Å². The Morgan fingerprint density at radius 2 is 1.66 bits per heavy atom. The first-order valence-electron chi connectivity index (χ1n) is 8.56. The molecule has 0 N–H and O–H groups in total. The van der Waals surface area contributed by atoms with Gasteiger partial charge in [-0.2, -0.15) is 5.01 Å². The second-order valence-corrected chi connectivity index (χ2v) is 6.14. The minimum atomic E-state index is -0.915. The third-order valence-electron chi connectivity index (χ3n) is 3.82. The van der Waals surface area contributed by atoms with Crippen molar-refractivity contribution in [1.29, 1.82) is 0 Å². The quantitative estimate of drug-likeness (QED) is 0.579. The van der Waals surface area contributed by atoms with Crippen LogP contribution >= 0.6 is 0 Å². The van der Waals surface area contributed by atoms with Gasteiger partial charge in [-0.25, -0.2) is 4.39 Å². The average Bonchev–Trinajstić information content (AvgIpc) is 3.07. The van der Waals surface area contributed by atoms with Crippen molar-refractivity contribution in [3.8, 4) is 11.5 Å². The number of hydrogen-bond acceptors (Lipinski definition) is 7. The van der Waals surface area contributed by atoms with Crippen molar-refractivity contribution in [3.05, 3.63) is 59.4 Å². The molecule has 1 heterocycles. The minimum Gasteiger partial charge on any atom is -0.446 e. The number of carbonyl (C=O) groups is 3. The van der Waals surface area contributed by atoms with Crippen molar-refractivity contribution in [2.24, 2.45) is 5.10 Å². The maximum atomic E-state index is 13.2. The van der Waals surface area contributed by atoms with Crippen LogP contribution in [0.1, 0.15) is 38.1 Å². The predicted molar refractivity (Wildman–Crippen MR) is 98.3 cm³/mol. The molecule has 2 aromatic rings. The first-order chi connectivity index (χ1) is 13.7. The topological polar surface area (TPSA) is 94.5 Å². The zero-order chi connectivity index (χ0) is 21.1. The van der Waals surface area contributed by atoms with Gasteiger partial charge in [-0.3, -0.25) is 14.4 Å². The molecular weight excluding hydrogens is 383 g/mol. The summed E-state index contributed by atoms with van der Waals surface area (Å²) in [5, 5.41) is 5.28. The number of esters is 2. The largest absolute Gasteiger partial charge is 0.446 e. The van der Waals surface area contributed by atoms with Gasteiger partial charge in [0.15, 0.2) is 0 Å². The number of nitrogens with zero attached hydrogens (tertiary/aromatic N) is 2. The summed E-state index contributed by atoms with van der Waals surface area (Å²) in [7, 11) is 0. The Kier molecular flexibility index (Phi) is 5.58. The van der Waals surface area contributed by atoms with E-state index in [0.29, 0.717) is 5.56 Å². The van der Waals surface area contributed by atoms with Crippen molar-refractivity contribution in [2.75, 3.05) is 0 Å². The highest BCUT2D eigenvalue weighted by Gasteiger charge is 2.34.